The van der Waals surface area contributed by atoms with Crippen LogP contribution in [0.5, 0.6) is 5.75 Å². The fourth-order valence-electron chi connectivity index (χ4n) is 3.56. The third-order valence-electron chi connectivity index (χ3n) is 5.14. The second-order valence-corrected chi connectivity index (χ2v) is 7.20. The van der Waals surface area contributed by atoms with Gasteiger partial charge in [-0.25, -0.2) is 0 Å². The van der Waals surface area contributed by atoms with Crippen LogP contribution in [-0.4, -0.2) is 16.5 Å². The van der Waals surface area contributed by atoms with Gasteiger partial charge in [0.2, 0.25) is 6.54 Å². The molecule has 0 radical (unpaired) electrons. The normalized spacial score (nSPS) is 12.0. The number of aryl methyl sites for hydroxylation is 1. The quantitative estimate of drug-likeness (QED) is 0.338. The number of benzene rings is 3. The van der Waals surface area contributed by atoms with Crippen molar-refractivity contribution in [3.63, 3.8) is 0 Å². The van der Waals surface area contributed by atoms with Crippen LogP contribution in [0.3, 0.4) is 0 Å². The van der Waals surface area contributed by atoms with E-state index in [2.05, 4.69) is 24.0 Å². The lowest BCUT2D eigenvalue weighted by atomic mass is 9.91. The highest BCUT2D eigenvalue weighted by atomic mass is 16.6. The Morgan fingerprint density at radius 3 is 2.45 bits per heavy atom. The highest BCUT2D eigenvalue weighted by Gasteiger charge is 2.23. The SMILES string of the molecule is Cc1ccc(COc2ccc([C@@H](C[N+](=O)[O-])c3c[nH]c4ccccc34)cc2)cc1. The number of nitro groups is 1. The van der Waals surface area contributed by atoms with Gasteiger partial charge in [0.15, 0.2) is 0 Å². The Labute approximate surface area is 169 Å². The predicted molar refractivity (Wildman–Crippen MR) is 114 cm³/mol. The number of fused-ring (bicyclic) bond motifs is 1. The van der Waals surface area contributed by atoms with Crippen LogP contribution in [0.4, 0.5) is 0 Å². The molecule has 29 heavy (non-hydrogen) atoms. The predicted octanol–water partition coefficient (Wildman–Crippen LogP) is 5.46. The van der Waals surface area contributed by atoms with Crippen molar-refractivity contribution in [2.24, 2.45) is 0 Å². The number of aromatic nitrogens is 1. The van der Waals surface area contributed by atoms with E-state index in [4.69, 9.17) is 4.74 Å². The molecule has 0 aliphatic heterocycles. The maximum atomic E-state index is 11.3. The maximum Gasteiger partial charge on any atom is 0.214 e. The van der Waals surface area contributed by atoms with Gasteiger partial charge in [-0.05, 0) is 41.8 Å². The number of hydrogen-bond acceptors (Lipinski definition) is 3. The second-order valence-electron chi connectivity index (χ2n) is 7.20. The van der Waals surface area contributed by atoms with Gasteiger partial charge < -0.3 is 9.72 Å². The summed E-state index contributed by atoms with van der Waals surface area (Å²) in [5, 5.41) is 12.3. The molecule has 0 saturated carbocycles. The molecule has 1 N–H and O–H groups in total. The molecule has 0 saturated heterocycles. The van der Waals surface area contributed by atoms with Gasteiger partial charge in [0, 0.05) is 22.0 Å². The molecule has 0 spiro atoms. The molecule has 3 aromatic carbocycles. The minimum Gasteiger partial charge on any atom is -0.489 e. The molecule has 0 aliphatic rings. The molecule has 0 aliphatic carbocycles. The second kappa shape index (κ2) is 8.19. The molecule has 0 fully saturated rings. The van der Waals surface area contributed by atoms with Crippen LogP contribution in [-0.2, 0) is 6.61 Å². The molecule has 1 heterocycles. The van der Waals surface area contributed by atoms with E-state index in [0.717, 1.165) is 33.3 Å². The lowest BCUT2D eigenvalue weighted by Gasteiger charge is -2.14. The molecular formula is C24H22N2O3. The molecule has 0 amide bonds. The van der Waals surface area contributed by atoms with Crippen molar-refractivity contribution in [3.8, 4) is 5.75 Å². The van der Waals surface area contributed by atoms with Crippen LogP contribution in [0.1, 0.15) is 28.2 Å². The van der Waals surface area contributed by atoms with Crippen molar-refractivity contribution < 1.29 is 9.66 Å². The first-order valence-corrected chi connectivity index (χ1v) is 9.56. The van der Waals surface area contributed by atoms with Crippen LogP contribution in [0.25, 0.3) is 10.9 Å². The number of hydrogen-bond donors (Lipinski definition) is 1. The summed E-state index contributed by atoms with van der Waals surface area (Å²) in [6.45, 7) is 2.38. The number of nitrogens with one attached hydrogen (secondary N) is 1. The molecule has 5 nitrogen and oxygen atoms in total. The Morgan fingerprint density at radius 2 is 1.72 bits per heavy atom. The Bertz CT molecular complexity index is 1120. The topological polar surface area (TPSA) is 68.2 Å². The minimum absolute atomic E-state index is 0.161. The van der Waals surface area contributed by atoms with Crippen molar-refractivity contribution in [1.29, 1.82) is 0 Å². The van der Waals surface area contributed by atoms with Crippen molar-refractivity contribution in [2.75, 3.05) is 6.54 Å². The molecule has 4 rings (SSSR count). The molecule has 1 aromatic heterocycles. The largest absolute Gasteiger partial charge is 0.489 e. The van der Waals surface area contributed by atoms with Crippen LogP contribution in [0, 0.1) is 17.0 Å². The zero-order valence-electron chi connectivity index (χ0n) is 16.2. The molecule has 0 bridgehead atoms. The standard InChI is InChI=1S/C24H22N2O3/c1-17-6-8-18(9-7-17)16-29-20-12-10-19(11-13-20)23(15-26(27)28)22-14-25-24-5-3-2-4-21(22)24/h2-14,23,25H,15-16H2,1H3/t23-/m1/s1. The van der Waals surface area contributed by atoms with Crippen molar-refractivity contribution in [1.82, 2.24) is 4.98 Å². The van der Waals surface area contributed by atoms with Crippen molar-refractivity contribution >= 4 is 10.9 Å². The van der Waals surface area contributed by atoms with Gasteiger partial charge in [-0.1, -0.05) is 60.2 Å². The Kier molecular flexibility index (Phi) is 5.29. The number of nitrogens with zero attached hydrogens (tertiary/aromatic N) is 1. The molecule has 4 aromatic rings. The third-order valence-corrected chi connectivity index (χ3v) is 5.14. The Balaban J connectivity index is 1.55. The molecular weight excluding hydrogens is 364 g/mol. The Morgan fingerprint density at radius 1 is 1.00 bits per heavy atom. The van der Waals surface area contributed by atoms with Crippen LogP contribution < -0.4 is 4.74 Å². The summed E-state index contributed by atoms with van der Waals surface area (Å²) >= 11 is 0. The van der Waals surface area contributed by atoms with E-state index in [-0.39, 0.29) is 17.4 Å². The lowest BCUT2D eigenvalue weighted by molar-refractivity contribution is -0.481. The first-order valence-electron chi connectivity index (χ1n) is 9.56. The molecule has 0 unspecified atom stereocenters. The van der Waals surface area contributed by atoms with E-state index in [9.17, 15) is 10.1 Å². The van der Waals surface area contributed by atoms with Crippen LogP contribution >= 0.6 is 0 Å². The lowest BCUT2D eigenvalue weighted by Crippen LogP contribution is -2.13. The first-order chi connectivity index (χ1) is 14.1. The summed E-state index contributed by atoms with van der Waals surface area (Å²) in [4.78, 5) is 14.3. The molecule has 146 valence electrons. The summed E-state index contributed by atoms with van der Waals surface area (Å²) < 4.78 is 5.87. The Hall–Kier alpha value is -3.60. The summed E-state index contributed by atoms with van der Waals surface area (Å²) in [6, 6.07) is 23.7. The van der Waals surface area contributed by atoms with E-state index in [1.54, 1.807) is 0 Å². The monoisotopic (exact) mass is 386 g/mol. The van der Waals surface area contributed by atoms with Gasteiger partial charge >= 0.3 is 0 Å². The average molecular weight is 386 g/mol. The van der Waals surface area contributed by atoms with Gasteiger partial charge in [0.1, 0.15) is 12.4 Å². The number of para-hydroxylation sites is 1. The van der Waals surface area contributed by atoms with Crippen molar-refractivity contribution in [2.45, 2.75) is 19.4 Å². The summed E-state index contributed by atoms with van der Waals surface area (Å²) in [6.07, 6.45) is 1.88. The highest BCUT2D eigenvalue weighted by molar-refractivity contribution is 5.84. The van der Waals surface area contributed by atoms with Gasteiger partial charge in [0.05, 0.1) is 5.92 Å². The van der Waals surface area contributed by atoms with E-state index in [0.29, 0.717) is 6.61 Å². The van der Waals surface area contributed by atoms with E-state index in [1.807, 2.05) is 66.9 Å². The summed E-state index contributed by atoms with van der Waals surface area (Å²) in [5.41, 5.74) is 5.13. The van der Waals surface area contributed by atoms with E-state index >= 15 is 0 Å². The fraction of sp³-hybridized carbons (Fsp3) is 0.167. The number of ether oxygens (including phenoxy) is 1. The first kappa shape index (κ1) is 18.7. The number of H-pyrrole nitrogens is 1. The van der Waals surface area contributed by atoms with Gasteiger partial charge in [0.25, 0.3) is 0 Å². The zero-order chi connectivity index (χ0) is 20.2. The van der Waals surface area contributed by atoms with E-state index < -0.39 is 0 Å². The fourth-order valence-corrected chi connectivity index (χ4v) is 3.56. The zero-order valence-corrected chi connectivity index (χ0v) is 16.2. The van der Waals surface area contributed by atoms with Gasteiger partial charge in [-0.3, -0.25) is 10.1 Å². The van der Waals surface area contributed by atoms with Crippen LogP contribution in [0.15, 0.2) is 79.0 Å². The van der Waals surface area contributed by atoms with Crippen LogP contribution in [0.2, 0.25) is 0 Å². The number of rotatable bonds is 7. The third kappa shape index (κ3) is 4.29. The molecule has 1 atom stereocenters. The number of aromatic amines is 1. The van der Waals surface area contributed by atoms with Crippen molar-refractivity contribution in [3.05, 3.63) is 111 Å². The van der Waals surface area contributed by atoms with Gasteiger partial charge in [-0.2, -0.15) is 0 Å². The summed E-state index contributed by atoms with van der Waals surface area (Å²) in [7, 11) is 0. The average Bonchev–Trinajstić information content (AvgIpc) is 3.16. The smallest absolute Gasteiger partial charge is 0.214 e. The maximum absolute atomic E-state index is 11.3. The summed E-state index contributed by atoms with van der Waals surface area (Å²) in [5.74, 6) is 0.417. The minimum atomic E-state index is -0.327. The van der Waals surface area contributed by atoms with E-state index in [1.165, 1.54) is 5.56 Å². The van der Waals surface area contributed by atoms with Gasteiger partial charge in [-0.15, -0.1) is 0 Å². The molecule has 5 heteroatoms. The highest BCUT2D eigenvalue weighted by Crippen LogP contribution is 2.32.